The van der Waals surface area contributed by atoms with E-state index in [4.69, 9.17) is 10.5 Å². The minimum absolute atomic E-state index is 0.134. The van der Waals surface area contributed by atoms with E-state index in [1.165, 1.54) is 56.1 Å². The molecule has 35 heavy (non-hydrogen) atoms. The molecule has 0 spiro atoms. The zero-order chi connectivity index (χ0) is 25.8. The number of nitrogens with two attached hydrogens (primary N) is 1. The maximum absolute atomic E-state index is 12.2. The molecular formula is C21H21F3N6O4S. The zero-order valence-electron chi connectivity index (χ0n) is 18.8. The van der Waals surface area contributed by atoms with Gasteiger partial charge in [0, 0.05) is 24.0 Å². The SMILES string of the molecule is C[C@@H](Oc1ccc(OCC(F)(F)F)nc1)c1cc(-c2cnc(C(=O)NC(C)(C)C(N)=O)nc2)ns1. The average Bonchev–Trinajstić information content (AvgIpc) is 3.28. The highest BCUT2D eigenvalue weighted by atomic mass is 32.1. The van der Waals surface area contributed by atoms with Gasteiger partial charge in [0.2, 0.25) is 17.6 Å². The largest absolute Gasteiger partial charge is 0.484 e. The van der Waals surface area contributed by atoms with Gasteiger partial charge in [-0.25, -0.2) is 15.0 Å². The molecule has 0 saturated carbocycles. The van der Waals surface area contributed by atoms with Crippen molar-refractivity contribution in [3.63, 3.8) is 0 Å². The third-order valence-corrected chi connectivity index (χ3v) is 5.48. The Morgan fingerprint density at radius 3 is 2.40 bits per heavy atom. The van der Waals surface area contributed by atoms with E-state index in [1.54, 1.807) is 13.0 Å². The Bertz CT molecular complexity index is 1180. The molecule has 0 fully saturated rings. The summed E-state index contributed by atoms with van der Waals surface area (Å²) in [7, 11) is 0. The van der Waals surface area contributed by atoms with Crippen LogP contribution in [0.25, 0.3) is 11.3 Å². The second-order valence-corrected chi connectivity index (χ2v) is 8.69. The van der Waals surface area contributed by atoms with Gasteiger partial charge in [0.05, 0.1) is 16.8 Å². The lowest BCUT2D eigenvalue weighted by atomic mass is 10.1. The van der Waals surface area contributed by atoms with Crippen LogP contribution in [0.1, 0.15) is 42.4 Å². The second kappa shape index (κ2) is 10.2. The number of hydrogen-bond acceptors (Lipinski definition) is 9. The van der Waals surface area contributed by atoms with Gasteiger partial charge in [0.1, 0.15) is 17.4 Å². The number of carbonyl (C=O) groups excluding carboxylic acids is 2. The van der Waals surface area contributed by atoms with Gasteiger partial charge in [-0.2, -0.15) is 17.5 Å². The first-order valence-corrected chi connectivity index (χ1v) is 10.8. The monoisotopic (exact) mass is 510 g/mol. The molecule has 0 aliphatic rings. The van der Waals surface area contributed by atoms with Crippen LogP contribution in [-0.2, 0) is 4.79 Å². The van der Waals surface area contributed by atoms with Gasteiger partial charge in [0.15, 0.2) is 6.61 Å². The zero-order valence-corrected chi connectivity index (χ0v) is 19.6. The maximum Gasteiger partial charge on any atom is 0.422 e. The lowest BCUT2D eigenvalue weighted by Crippen LogP contribution is -2.53. The number of ether oxygens (including phenoxy) is 2. The van der Waals surface area contributed by atoms with Crippen LogP contribution in [-0.4, -0.2) is 49.5 Å². The Labute approximate surface area is 201 Å². The Morgan fingerprint density at radius 2 is 1.83 bits per heavy atom. The molecule has 2 amide bonds. The number of nitrogens with zero attached hydrogens (tertiary/aromatic N) is 4. The molecule has 3 aromatic heterocycles. The summed E-state index contributed by atoms with van der Waals surface area (Å²) >= 11 is 1.18. The summed E-state index contributed by atoms with van der Waals surface area (Å²) in [4.78, 5) is 36.2. The number of alkyl halides is 3. The predicted octanol–water partition coefficient (Wildman–Crippen LogP) is 3.07. The van der Waals surface area contributed by atoms with Gasteiger partial charge in [-0.05, 0) is 44.4 Å². The fourth-order valence-corrected chi connectivity index (χ4v) is 3.26. The number of carbonyl (C=O) groups is 2. The Balaban J connectivity index is 1.61. The van der Waals surface area contributed by atoms with E-state index in [2.05, 4.69) is 29.4 Å². The van der Waals surface area contributed by atoms with Gasteiger partial charge in [-0.3, -0.25) is 9.59 Å². The minimum atomic E-state index is -4.45. The normalized spacial score (nSPS) is 12.6. The number of amides is 2. The molecule has 3 rings (SSSR count). The molecule has 14 heteroatoms. The van der Waals surface area contributed by atoms with E-state index in [1.807, 2.05) is 0 Å². The number of pyridine rings is 1. The molecule has 0 saturated heterocycles. The molecule has 3 N–H and O–H groups in total. The van der Waals surface area contributed by atoms with Crippen LogP contribution < -0.4 is 20.5 Å². The van der Waals surface area contributed by atoms with Crippen molar-refractivity contribution in [2.24, 2.45) is 5.73 Å². The molecule has 10 nitrogen and oxygen atoms in total. The van der Waals surface area contributed by atoms with E-state index in [0.717, 1.165) is 4.88 Å². The molecule has 0 unspecified atom stereocenters. The summed E-state index contributed by atoms with van der Waals surface area (Å²) in [5.41, 5.74) is 5.10. The molecule has 0 aromatic carbocycles. The predicted molar refractivity (Wildman–Crippen MR) is 119 cm³/mol. The minimum Gasteiger partial charge on any atom is -0.484 e. The fraction of sp³-hybridized carbons (Fsp3) is 0.333. The highest BCUT2D eigenvalue weighted by Gasteiger charge is 2.29. The molecule has 0 bridgehead atoms. The van der Waals surface area contributed by atoms with E-state index in [9.17, 15) is 22.8 Å². The van der Waals surface area contributed by atoms with Crippen molar-refractivity contribution >= 4 is 23.3 Å². The van der Waals surface area contributed by atoms with Crippen molar-refractivity contribution in [1.82, 2.24) is 24.6 Å². The van der Waals surface area contributed by atoms with Crippen molar-refractivity contribution in [3.8, 4) is 22.9 Å². The number of halogens is 3. The average molecular weight is 510 g/mol. The van der Waals surface area contributed by atoms with Gasteiger partial charge < -0.3 is 20.5 Å². The molecule has 186 valence electrons. The van der Waals surface area contributed by atoms with Crippen molar-refractivity contribution < 1.29 is 32.2 Å². The highest BCUT2D eigenvalue weighted by molar-refractivity contribution is 7.06. The van der Waals surface area contributed by atoms with Crippen LogP contribution in [0.5, 0.6) is 11.6 Å². The first-order valence-electron chi connectivity index (χ1n) is 10.1. The smallest absolute Gasteiger partial charge is 0.422 e. The molecule has 3 heterocycles. The van der Waals surface area contributed by atoms with Crippen LogP contribution in [0.2, 0.25) is 0 Å². The quantitative estimate of drug-likeness (QED) is 0.447. The Morgan fingerprint density at radius 1 is 1.14 bits per heavy atom. The maximum atomic E-state index is 12.2. The molecule has 0 aliphatic carbocycles. The standard InChI is InChI=1S/C21H21F3N6O4S/c1-11(34-13-4-5-16(26-9-13)33-10-21(22,23)24)15-6-14(30-35-15)12-7-27-17(28-8-12)18(31)29-20(2,3)19(25)32/h4-9,11H,10H2,1-3H3,(H2,25,32)(H,29,31)/t11-/m1/s1. The number of nitrogens with one attached hydrogen (secondary N) is 1. The van der Waals surface area contributed by atoms with Crippen LogP contribution >= 0.6 is 11.5 Å². The van der Waals surface area contributed by atoms with Crippen LogP contribution in [0.4, 0.5) is 13.2 Å². The first-order chi connectivity index (χ1) is 16.3. The Kier molecular flexibility index (Phi) is 7.53. The van der Waals surface area contributed by atoms with Crippen LogP contribution in [0, 0.1) is 0 Å². The van der Waals surface area contributed by atoms with Crippen LogP contribution in [0.3, 0.4) is 0 Å². The summed E-state index contributed by atoms with van der Waals surface area (Å²) in [5.74, 6) is -1.31. The van der Waals surface area contributed by atoms with Crippen LogP contribution in [0.15, 0.2) is 36.8 Å². The van der Waals surface area contributed by atoms with E-state index in [-0.39, 0.29) is 11.7 Å². The van der Waals surface area contributed by atoms with Crippen molar-refractivity contribution in [2.75, 3.05) is 6.61 Å². The number of primary amides is 1. The van der Waals surface area contributed by atoms with E-state index < -0.39 is 36.2 Å². The van der Waals surface area contributed by atoms with Crippen molar-refractivity contribution in [3.05, 3.63) is 47.5 Å². The summed E-state index contributed by atoms with van der Waals surface area (Å²) in [5, 5.41) is 2.46. The van der Waals surface area contributed by atoms with Gasteiger partial charge in [-0.1, -0.05) is 0 Å². The lowest BCUT2D eigenvalue weighted by molar-refractivity contribution is -0.154. The van der Waals surface area contributed by atoms with Gasteiger partial charge >= 0.3 is 6.18 Å². The molecular weight excluding hydrogens is 489 g/mol. The first kappa shape index (κ1) is 25.8. The van der Waals surface area contributed by atoms with Gasteiger partial charge in [0.25, 0.3) is 5.91 Å². The molecule has 0 radical (unpaired) electrons. The second-order valence-electron chi connectivity index (χ2n) is 7.85. The van der Waals surface area contributed by atoms with Crippen molar-refractivity contribution in [2.45, 2.75) is 38.6 Å². The summed E-state index contributed by atoms with van der Waals surface area (Å²) in [6.45, 7) is 3.28. The van der Waals surface area contributed by atoms with Crippen molar-refractivity contribution in [1.29, 1.82) is 0 Å². The van der Waals surface area contributed by atoms with E-state index in [0.29, 0.717) is 17.0 Å². The summed E-state index contributed by atoms with van der Waals surface area (Å²) in [6, 6.07) is 4.50. The number of hydrogen-bond donors (Lipinski definition) is 2. The third-order valence-electron chi connectivity index (χ3n) is 4.53. The number of aromatic nitrogens is 4. The fourth-order valence-electron chi connectivity index (χ4n) is 2.54. The topological polar surface area (TPSA) is 142 Å². The van der Waals surface area contributed by atoms with Gasteiger partial charge in [-0.15, -0.1) is 0 Å². The Hall–Kier alpha value is -3.81. The summed E-state index contributed by atoms with van der Waals surface area (Å²) in [6.07, 6.45) is -0.775. The van der Waals surface area contributed by atoms with E-state index >= 15 is 0 Å². The number of rotatable bonds is 9. The molecule has 1 atom stereocenters. The lowest BCUT2D eigenvalue weighted by Gasteiger charge is -2.21. The molecule has 0 aliphatic heterocycles. The third kappa shape index (κ3) is 7.09. The summed E-state index contributed by atoms with van der Waals surface area (Å²) < 4.78 is 51.4. The molecule has 3 aromatic rings. The highest BCUT2D eigenvalue weighted by Crippen LogP contribution is 2.29.